The van der Waals surface area contributed by atoms with Gasteiger partial charge in [-0.05, 0) is 37.8 Å². The minimum Gasteiger partial charge on any atom is -0.378 e. The third kappa shape index (κ3) is 5.28. The number of rotatable bonds is 8. The lowest BCUT2D eigenvalue weighted by Crippen LogP contribution is -2.35. The number of amides is 1. The molecular weight excluding hydrogens is 414 g/mol. The van der Waals surface area contributed by atoms with Crippen LogP contribution in [0.15, 0.2) is 41.8 Å². The highest BCUT2D eigenvalue weighted by atomic mass is 32.1. The van der Waals surface area contributed by atoms with Crippen LogP contribution in [0.25, 0.3) is 11.1 Å². The number of hydrogen-bond acceptors (Lipinski definition) is 6. The van der Waals surface area contributed by atoms with Gasteiger partial charge in [-0.15, -0.1) is 22.7 Å². The largest absolute Gasteiger partial charge is 0.378 e. The molecular formula is C23H27N3O2S2. The second-order valence-electron chi connectivity index (χ2n) is 7.39. The van der Waals surface area contributed by atoms with E-state index >= 15 is 0 Å². The van der Waals surface area contributed by atoms with E-state index in [0.29, 0.717) is 6.54 Å². The lowest BCUT2D eigenvalue weighted by atomic mass is 10.1. The fourth-order valence-electron chi connectivity index (χ4n) is 3.53. The van der Waals surface area contributed by atoms with Crippen LogP contribution in [0.5, 0.6) is 0 Å². The third-order valence-corrected chi connectivity index (χ3v) is 7.31. The molecule has 1 aliphatic rings. The number of morpholine rings is 1. The van der Waals surface area contributed by atoms with Gasteiger partial charge in [0.1, 0.15) is 0 Å². The van der Waals surface area contributed by atoms with Crippen LogP contribution in [0.3, 0.4) is 0 Å². The summed E-state index contributed by atoms with van der Waals surface area (Å²) >= 11 is 3.30. The molecule has 5 nitrogen and oxygen atoms in total. The van der Waals surface area contributed by atoms with Gasteiger partial charge in [0.25, 0.3) is 5.91 Å². The Kier molecular flexibility index (Phi) is 7.15. The molecule has 1 N–H and O–H groups in total. The maximum absolute atomic E-state index is 12.8. The zero-order valence-corrected chi connectivity index (χ0v) is 18.9. The van der Waals surface area contributed by atoms with Gasteiger partial charge in [-0.2, -0.15) is 0 Å². The Morgan fingerprint density at radius 2 is 2.00 bits per heavy atom. The molecule has 1 saturated heterocycles. The number of carbonyl (C=O) groups is 1. The number of unbranched alkanes of at least 4 members (excludes halogenated alkanes) is 1. The summed E-state index contributed by atoms with van der Waals surface area (Å²) in [7, 11) is 0. The first kappa shape index (κ1) is 21.0. The Bertz CT molecular complexity index is 962. The van der Waals surface area contributed by atoms with Crippen LogP contribution < -0.4 is 10.2 Å². The van der Waals surface area contributed by atoms with Gasteiger partial charge in [0, 0.05) is 36.3 Å². The van der Waals surface area contributed by atoms with E-state index in [2.05, 4.69) is 32.7 Å². The Balaban J connectivity index is 1.39. The minimum atomic E-state index is 0.0155. The molecule has 1 amide bonds. The van der Waals surface area contributed by atoms with Crippen LogP contribution in [-0.4, -0.2) is 43.7 Å². The first-order valence-electron chi connectivity index (χ1n) is 10.4. The number of aryl methyl sites for hydroxylation is 2. The number of benzene rings is 1. The summed E-state index contributed by atoms with van der Waals surface area (Å²) in [6, 6.07) is 12.4. The number of carbonyl (C=O) groups excluding carboxylic acids is 1. The van der Waals surface area contributed by atoms with Crippen LogP contribution >= 0.6 is 22.7 Å². The van der Waals surface area contributed by atoms with E-state index in [4.69, 9.17) is 4.74 Å². The SMILES string of the molecule is Cc1csc(CCCCNC(=O)c2cc(-c3ccccc3)c(N3CCOCC3)s2)n1. The van der Waals surface area contributed by atoms with Gasteiger partial charge in [0.05, 0.1) is 28.1 Å². The molecule has 0 unspecified atom stereocenters. The molecule has 30 heavy (non-hydrogen) atoms. The Hall–Kier alpha value is -2.22. The van der Waals surface area contributed by atoms with Crippen molar-refractivity contribution in [2.45, 2.75) is 26.2 Å². The normalized spacial score (nSPS) is 14.1. The lowest BCUT2D eigenvalue weighted by Gasteiger charge is -2.28. The summed E-state index contributed by atoms with van der Waals surface area (Å²) in [5, 5.41) is 7.53. The standard InChI is InChI=1S/C23H27N3O2S2/c1-17-16-29-21(25-17)9-5-6-10-24-22(27)20-15-19(18-7-3-2-4-8-18)23(30-20)26-11-13-28-14-12-26/h2-4,7-8,15-16H,5-6,9-14H2,1H3,(H,24,27). The highest BCUT2D eigenvalue weighted by Gasteiger charge is 2.21. The van der Waals surface area contributed by atoms with Crippen molar-refractivity contribution < 1.29 is 9.53 Å². The van der Waals surface area contributed by atoms with E-state index < -0.39 is 0 Å². The molecule has 1 aromatic carbocycles. The zero-order valence-electron chi connectivity index (χ0n) is 17.2. The minimum absolute atomic E-state index is 0.0155. The molecule has 4 rings (SSSR count). The highest BCUT2D eigenvalue weighted by molar-refractivity contribution is 7.18. The monoisotopic (exact) mass is 441 g/mol. The fourth-order valence-corrected chi connectivity index (χ4v) is 5.49. The molecule has 158 valence electrons. The van der Waals surface area contributed by atoms with E-state index in [1.807, 2.05) is 31.2 Å². The number of aromatic nitrogens is 1. The van der Waals surface area contributed by atoms with E-state index in [0.717, 1.165) is 72.3 Å². The smallest absolute Gasteiger partial charge is 0.261 e. The maximum Gasteiger partial charge on any atom is 0.261 e. The van der Waals surface area contributed by atoms with Crippen LogP contribution in [0.2, 0.25) is 0 Å². The Morgan fingerprint density at radius 1 is 1.20 bits per heavy atom. The van der Waals surface area contributed by atoms with Crippen molar-refractivity contribution in [2.24, 2.45) is 0 Å². The molecule has 3 aromatic rings. The molecule has 0 bridgehead atoms. The first-order chi connectivity index (χ1) is 14.7. The summed E-state index contributed by atoms with van der Waals surface area (Å²) in [4.78, 5) is 20.4. The zero-order chi connectivity index (χ0) is 20.8. The van der Waals surface area contributed by atoms with Gasteiger partial charge < -0.3 is 15.0 Å². The second-order valence-corrected chi connectivity index (χ2v) is 9.36. The first-order valence-corrected chi connectivity index (χ1v) is 12.1. The van der Waals surface area contributed by atoms with Crippen molar-refractivity contribution in [3.05, 3.63) is 57.4 Å². The maximum atomic E-state index is 12.8. The Morgan fingerprint density at radius 3 is 2.73 bits per heavy atom. The Labute approximate surface area is 185 Å². The fraction of sp³-hybridized carbons (Fsp3) is 0.391. The van der Waals surface area contributed by atoms with Crippen LogP contribution in [0.1, 0.15) is 33.2 Å². The van der Waals surface area contributed by atoms with E-state index in [-0.39, 0.29) is 5.91 Å². The predicted molar refractivity (Wildman–Crippen MR) is 125 cm³/mol. The van der Waals surface area contributed by atoms with Gasteiger partial charge in [-0.3, -0.25) is 4.79 Å². The molecule has 0 radical (unpaired) electrons. The van der Waals surface area contributed by atoms with Gasteiger partial charge in [0.2, 0.25) is 0 Å². The molecule has 0 spiro atoms. The topological polar surface area (TPSA) is 54.5 Å². The highest BCUT2D eigenvalue weighted by Crippen LogP contribution is 2.39. The molecule has 7 heteroatoms. The number of nitrogens with zero attached hydrogens (tertiary/aromatic N) is 2. The summed E-state index contributed by atoms with van der Waals surface area (Å²) in [6.45, 7) is 5.89. The number of thiazole rings is 1. The van der Waals surface area contributed by atoms with Crippen molar-refractivity contribution >= 4 is 33.6 Å². The van der Waals surface area contributed by atoms with Crippen molar-refractivity contribution in [2.75, 3.05) is 37.7 Å². The third-order valence-electron chi connectivity index (χ3n) is 5.09. The van der Waals surface area contributed by atoms with Crippen molar-refractivity contribution in [1.82, 2.24) is 10.3 Å². The molecule has 0 saturated carbocycles. The van der Waals surface area contributed by atoms with Gasteiger partial charge in [0.15, 0.2) is 0 Å². The van der Waals surface area contributed by atoms with Crippen molar-refractivity contribution in [3.63, 3.8) is 0 Å². The second kappa shape index (κ2) is 10.2. The van der Waals surface area contributed by atoms with Crippen LogP contribution in [0, 0.1) is 6.92 Å². The molecule has 1 fully saturated rings. The molecule has 0 atom stereocenters. The number of nitrogens with one attached hydrogen (secondary N) is 1. The molecule has 3 heterocycles. The summed E-state index contributed by atoms with van der Waals surface area (Å²) < 4.78 is 5.51. The quantitative estimate of drug-likeness (QED) is 0.512. The number of thiophene rings is 1. The molecule has 2 aromatic heterocycles. The van der Waals surface area contributed by atoms with E-state index in [1.54, 1.807) is 22.7 Å². The molecule has 1 aliphatic heterocycles. The average molecular weight is 442 g/mol. The van der Waals surface area contributed by atoms with Crippen molar-refractivity contribution in [3.8, 4) is 11.1 Å². The lowest BCUT2D eigenvalue weighted by molar-refractivity contribution is 0.0957. The van der Waals surface area contributed by atoms with Crippen LogP contribution in [-0.2, 0) is 11.2 Å². The van der Waals surface area contributed by atoms with Gasteiger partial charge in [-0.1, -0.05) is 30.3 Å². The number of anilines is 1. The summed E-state index contributed by atoms with van der Waals surface area (Å²) in [5.74, 6) is 0.0155. The number of hydrogen-bond donors (Lipinski definition) is 1. The summed E-state index contributed by atoms with van der Waals surface area (Å²) in [5.41, 5.74) is 3.37. The number of ether oxygens (including phenoxy) is 1. The van der Waals surface area contributed by atoms with E-state index in [9.17, 15) is 4.79 Å². The predicted octanol–water partition coefficient (Wildman–Crippen LogP) is 4.77. The van der Waals surface area contributed by atoms with Crippen molar-refractivity contribution in [1.29, 1.82) is 0 Å². The summed E-state index contributed by atoms with van der Waals surface area (Å²) in [6.07, 6.45) is 2.97. The van der Waals surface area contributed by atoms with Gasteiger partial charge >= 0.3 is 0 Å². The van der Waals surface area contributed by atoms with E-state index in [1.165, 1.54) is 5.01 Å². The van der Waals surface area contributed by atoms with Crippen LogP contribution in [0.4, 0.5) is 5.00 Å². The van der Waals surface area contributed by atoms with Gasteiger partial charge in [-0.25, -0.2) is 4.98 Å². The molecule has 0 aliphatic carbocycles. The average Bonchev–Trinajstić information content (AvgIpc) is 3.41.